The van der Waals surface area contributed by atoms with Crippen molar-refractivity contribution in [2.45, 2.75) is 6.42 Å². The zero-order valence-electron chi connectivity index (χ0n) is 12.9. The molecule has 0 saturated heterocycles. The van der Waals surface area contributed by atoms with Gasteiger partial charge in [0, 0.05) is 18.7 Å². The summed E-state index contributed by atoms with van der Waals surface area (Å²) in [6.07, 6.45) is 0.808. The third kappa shape index (κ3) is 5.02. The molecule has 0 unspecified atom stereocenters. The number of nitrogens with one attached hydrogen (secondary N) is 1. The van der Waals surface area contributed by atoms with Gasteiger partial charge in [0.05, 0.1) is 11.9 Å². The third-order valence-corrected chi connectivity index (χ3v) is 4.34. The lowest BCUT2D eigenvalue weighted by Crippen LogP contribution is -2.33. The molecule has 5 nitrogen and oxygen atoms in total. The van der Waals surface area contributed by atoms with Gasteiger partial charge in [-0.3, -0.25) is 9.10 Å². The second kappa shape index (κ2) is 7.39. The largest absolute Gasteiger partial charge is 0.326 e. The number of carbonyl (C=O) groups is 1. The highest BCUT2D eigenvalue weighted by Crippen LogP contribution is 2.19. The number of hydrogen-bond acceptors (Lipinski definition) is 3. The van der Waals surface area contributed by atoms with Crippen molar-refractivity contribution in [2.24, 2.45) is 0 Å². The van der Waals surface area contributed by atoms with E-state index in [-0.39, 0.29) is 24.3 Å². The number of amides is 1. The Labute approximate surface area is 139 Å². The van der Waals surface area contributed by atoms with Crippen LogP contribution in [0.15, 0.2) is 48.5 Å². The van der Waals surface area contributed by atoms with Crippen LogP contribution < -0.4 is 9.62 Å². The molecule has 0 aliphatic rings. The number of anilines is 2. The van der Waals surface area contributed by atoms with Crippen molar-refractivity contribution in [1.82, 2.24) is 0 Å². The first-order valence-electron chi connectivity index (χ1n) is 7.04. The lowest BCUT2D eigenvalue weighted by molar-refractivity contribution is -0.116. The van der Waals surface area contributed by atoms with Gasteiger partial charge in [-0.25, -0.2) is 17.2 Å². The van der Waals surface area contributed by atoms with Crippen LogP contribution in [0.4, 0.5) is 20.2 Å². The molecular formula is C16H16F2N2O3S. The van der Waals surface area contributed by atoms with Crippen molar-refractivity contribution >= 4 is 27.3 Å². The van der Waals surface area contributed by atoms with Crippen LogP contribution in [0.5, 0.6) is 0 Å². The molecule has 0 saturated carbocycles. The van der Waals surface area contributed by atoms with Gasteiger partial charge in [0.25, 0.3) is 0 Å². The van der Waals surface area contributed by atoms with E-state index in [1.807, 2.05) is 0 Å². The Bertz CT molecular complexity index is 841. The summed E-state index contributed by atoms with van der Waals surface area (Å²) < 4.78 is 51.1. The van der Waals surface area contributed by atoms with E-state index in [0.717, 1.165) is 22.7 Å². The highest BCUT2D eigenvalue weighted by molar-refractivity contribution is 7.92. The quantitative estimate of drug-likeness (QED) is 0.867. The third-order valence-electron chi connectivity index (χ3n) is 3.15. The average molecular weight is 354 g/mol. The summed E-state index contributed by atoms with van der Waals surface area (Å²) in [6.45, 7) is -0.163. The Hall–Kier alpha value is -2.48. The van der Waals surface area contributed by atoms with Crippen LogP contribution >= 0.6 is 0 Å². The normalized spacial score (nSPS) is 11.1. The number of hydrogen-bond donors (Lipinski definition) is 1. The number of halogens is 2. The zero-order chi connectivity index (χ0) is 17.7. The molecule has 0 radical (unpaired) electrons. The molecule has 0 spiro atoms. The summed E-state index contributed by atoms with van der Waals surface area (Å²) >= 11 is 0. The Kier molecular flexibility index (Phi) is 5.50. The number of sulfonamides is 1. The Morgan fingerprint density at radius 3 is 2.29 bits per heavy atom. The summed E-state index contributed by atoms with van der Waals surface area (Å²) in [5, 5.41) is 2.48. The zero-order valence-corrected chi connectivity index (χ0v) is 13.7. The van der Waals surface area contributed by atoms with Crippen LogP contribution in [0.1, 0.15) is 6.42 Å². The molecule has 2 rings (SSSR count). The molecule has 128 valence electrons. The van der Waals surface area contributed by atoms with Crippen molar-refractivity contribution in [2.75, 3.05) is 22.4 Å². The fourth-order valence-corrected chi connectivity index (χ4v) is 3.03. The molecule has 0 heterocycles. The monoisotopic (exact) mass is 354 g/mol. The number of benzene rings is 2. The second-order valence-electron chi connectivity index (χ2n) is 5.12. The maximum absolute atomic E-state index is 13.3. The van der Waals surface area contributed by atoms with Gasteiger partial charge in [0.2, 0.25) is 15.9 Å². The Balaban J connectivity index is 2.07. The van der Waals surface area contributed by atoms with E-state index in [1.165, 1.54) is 36.4 Å². The minimum absolute atomic E-state index is 0.135. The summed E-state index contributed by atoms with van der Waals surface area (Å²) in [6, 6.07) is 10.4. The van der Waals surface area contributed by atoms with Crippen LogP contribution in [0.3, 0.4) is 0 Å². The predicted octanol–water partition coefficient (Wildman–Crippen LogP) is 2.76. The fourth-order valence-electron chi connectivity index (χ4n) is 2.11. The molecule has 1 amide bonds. The van der Waals surface area contributed by atoms with Crippen LogP contribution in [-0.2, 0) is 14.8 Å². The molecular weight excluding hydrogens is 338 g/mol. The molecule has 8 heteroatoms. The van der Waals surface area contributed by atoms with Crippen LogP contribution in [0.2, 0.25) is 0 Å². The van der Waals surface area contributed by atoms with Crippen LogP contribution in [0, 0.1) is 11.6 Å². The van der Waals surface area contributed by atoms with Gasteiger partial charge in [0.15, 0.2) is 0 Å². The first-order chi connectivity index (χ1) is 11.3. The number of nitrogens with zero attached hydrogens (tertiary/aromatic N) is 1. The second-order valence-corrected chi connectivity index (χ2v) is 7.03. The van der Waals surface area contributed by atoms with E-state index in [4.69, 9.17) is 0 Å². The Morgan fingerprint density at radius 1 is 1.08 bits per heavy atom. The minimum Gasteiger partial charge on any atom is -0.326 e. The van der Waals surface area contributed by atoms with Crippen molar-refractivity contribution in [1.29, 1.82) is 0 Å². The van der Waals surface area contributed by atoms with Crippen LogP contribution in [0.25, 0.3) is 0 Å². The summed E-state index contributed by atoms with van der Waals surface area (Å²) in [4.78, 5) is 11.9. The molecule has 2 aromatic carbocycles. The molecule has 24 heavy (non-hydrogen) atoms. The first-order valence-corrected chi connectivity index (χ1v) is 8.89. The van der Waals surface area contributed by atoms with E-state index < -0.39 is 27.6 Å². The number of rotatable bonds is 6. The van der Waals surface area contributed by atoms with Gasteiger partial charge in [-0.1, -0.05) is 12.1 Å². The minimum atomic E-state index is -3.68. The molecule has 0 fully saturated rings. The highest BCUT2D eigenvalue weighted by Gasteiger charge is 2.19. The summed E-state index contributed by atoms with van der Waals surface area (Å²) in [7, 11) is -3.68. The molecule has 0 aliphatic heterocycles. The summed E-state index contributed by atoms with van der Waals surface area (Å²) in [5.41, 5.74) is 0.410. The van der Waals surface area contributed by atoms with Gasteiger partial charge in [-0.15, -0.1) is 0 Å². The van der Waals surface area contributed by atoms with Gasteiger partial charge in [-0.05, 0) is 36.4 Å². The first kappa shape index (κ1) is 17.9. The maximum Gasteiger partial charge on any atom is 0.232 e. The number of carbonyl (C=O) groups excluding carboxylic acids is 1. The van der Waals surface area contributed by atoms with Gasteiger partial charge in [-0.2, -0.15) is 0 Å². The molecule has 0 aromatic heterocycles. The maximum atomic E-state index is 13.3. The van der Waals surface area contributed by atoms with Crippen molar-refractivity contribution in [3.8, 4) is 0 Å². The summed E-state index contributed by atoms with van der Waals surface area (Å²) in [5.74, 6) is -1.55. The van der Waals surface area contributed by atoms with Gasteiger partial charge >= 0.3 is 0 Å². The molecule has 1 N–H and O–H groups in total. The van der Waals surface area contributed by atoms with Crippen LogP contribution in [-0.4, -0.2) is 27.1 Å². The lowest BCUT2D eigenvalue weighted by Gasteiger charge is -2.22. The van der Waals surface area contributed by atoms with E-state index in [0.29, 0.717) is 0 Å². The topological polar surface area (TPSA) is 66.5 Å². The van der Waals surface area contributed by atoms with Gasteiger partial charge < -0.3 is 5.32 Å². The highest BCUT2D eigenvalue weighted by atomic mass is 32.2. The van der Waals surface area contributed by atoms with Crippen molar-refractivity contribution in [3.63, 3.8) is 0 Å². The van der Waals surface area contributed by atoms with Crippen molar-refractivity contribution < 1.29 is 22.0 Å². The van der Waals surface area contributed by atoms with Crippen molar-refractivity contribution in [3.05, 3.63) is 60.2 Å². The van der Waals surface area contributed by atoms with E-state index >= 15 is 0 Å². The molecule has 0 atom stereocenters. The molecule has 0 aliphatic carbocycles. The van der Waals surface area contributed by atoms with E-state index in [2.05, 4.69) is 5.32 Å². The van der Waals surface area contributed by atoms with E-state index in [9.17, 15) is 22.0 Å². The van der Waals surface area contributed by atoms with E-state index in [1.54, 1.807) is 0 Å². The SMILES string of the molecule is CS(=O)(=O)N(CCC(=O)Nc1cccc(F)c1)c1cccc(F)c1. The molecule has 2 aromatic rings. The van der Waals surface area contributed by atoms with Gasteiger partial charge in [0.1, 0.15) is 11.6 Å². The lowest BCUT2D eigenvalue weighted by atomic mass is 10.3. The molecule has 0 bridgehead atoms. The Morgan fingerprint density at radius 2 is 1.71 bits per heavy atom. The predicted molar refractivity (Wildman–Crippen MR) is 88.2 cm³/mol. The average Bonchev–Trinajstić information content (AvgIpc) is 2.46. The fraction of sp³-hybridized carbons (Fsp3) is 0.188. The standard InChI is InChI=1S/C16H16F2N2O3S/c1-24(22,23)20(15-7-3-5-13(18)11-15)9-8-16(21)19-14-6-2-4-12(17)10-14/h2-7,10-11H,8-9H2,1H3,(H,19,21). The smallest absolute Gasteiger partial charge is 0.232 e.